The van der Waals surface area contributed by atoms with Crippen LogP contribution in [0, 0.1) is 20.2 Å². The fourth-order valence-corrected chi connectivity index (χ4v) is 2.05. The van der Waals surface area contributed by atoms with Crippen molar-refractivity contribution in [3.05, 3.63) is 78.8 Å². The maximum atomic E-state index is 12.0. The zero-order valence-corrected chi connectivity index (χ0v) is 12.4. The Morgan fingerprint density at radius 3 is 2.25 bits per heavy atom. The Balaban J connectivity index is 2.29. The van der Waals surface area contributed by atoms with E-state index in [4.69, 9.17) is 11.6 Å². The number of non-ortho nitro benzene ring substituents is 1. The summed E-state index contributed by atoms with van der Waals surface area (Å²) in [6.07, 6.45) is 0. The Morgan fingerprint density at radius 2 is 1.62 bits per heavy atom. The molecule has 0 saturated heterocycles. The Bertz CT molecular complexity index is 866. The average Bonchev–Trinajstić information content (AvgIpc) is 2.54. The van der Waals surface area contributed by atoms with Crippen molar-refractivity contribution in [3.8, 4) is 0 Å². The number of ether oxygens (including phenoxy) is 1. The van der Waals surface area contributed by atoms with Crippen LogP contribution in [-0.2, 0) is 4.74 Å². The van der Waals surface area contributed by atoms with Crippen LogP contribution < -0.4 is 0 Å². The van der Waals surface area contributed by atoms with Crippen molar-refractivity contribution in [3.63, 3.8) is 0 Å². The maximum absolute atomic E-state index is 12.0. The van der Waals surface area contributed by atoms with Crippen molar-refractivity contribution in [1.82, 2.24) is 0 Å². The van der Waals surface area contributed by atoms with Gasteiger partial charge in [-0.25, -0.2) is 9.59 Å². The lowest BCUT2D eigenvalue weighted by atomic mass is 10.1. The van der Waals surface area contributed by atoms with E-state index in [2.05, 4.69) is 4.74 Å². The van der Waals surface area contributed by atoms with Crippen molar-refractivity contribution < 1.29 is 24.2 Å². The van der Waals surface area contributed by atoms with Crippen LogP contribution in [0.2, 0.25) is 5.02 Å². The molecule has 0 atom stereocenters. The normalized spacial score (nSPS) is 10.0. The smallest absolute Gasteiger partial charge is 0.353 e. The minimum atomic E-state index is -1.29. The van der Waals surface area contributed by atoms with E-state index in [0.29, 0.717) is 0 Å². The molecule has 0 unspecified atom stereocenters. The second-order valence-electron chi connectivity index (χ2n) is 4.38. The number of hydrogen-bond donors (Lipinski definition) is 0. The van der Waals surface area contributed by atoms with Gasteiger partial charge in [0, 0.05) is 12.1 Å². The van der Waals surface area contributed by atoms with Crippen LogP contribution in [0.15, 0.2) is 42.5 Å². The van der Waals surface area contributed by atoms with Crippen molar-refractivity contribution in [1.29, 1.82) is 0 Å². The molecule has 2 aromatic carbocycles. The van der Waals surface area contributed by atoms with Crippen LogP contribution in [0.1, 0.15) is 20.7 Å². The molecular weight excluding hydrogens is 344 g/mol. The van der Waals surface area contributed by atoms with Crippen molar-refractivity contribution in [2.75, 3.05) is 0 Å². The SMILES string of the molecule is O=C(OC(=O)c1cccc(Cl)c1[N+](=O)[O-])c1cccc([N+](=O)[O-])c1. The van der Waals surface area contributed by atoms with Crippen LogP contribution in [0.3, 0.4) is 0 Å². The lowest BCUT2D eigenvalue weighted by Crippen LogP contribution is -2.14. The lowest BCUT2D eigenvalue weighted by Gasteiger charge is -2.05. The summed E-state index contributed by atoms with van der Waals surface area (Å²) >= 11 is 5.67. The number of esters is 2. The summed E-state index contributed by atoms with van der Waals surface area (Å²) in [4.78, 5) is 43.9. The van der Waals surface area contributed by atoms with Gasteiger partial charge in [0.2, 0.25) is 0 Å². The van der Waals surface area contributed by atoms with Crippen LogP contribution >= 0.6 is 11.6 Å². The highest BCUT2D eigenvalue weighted by atomic mass is 35.5. The summed E-state index contributed by atoms with van der Waals surface area (Å²) in [6.45, 7) is 0. The zero-order valence-electron chi connectivity index (χ0n) is 11.7. The van der Waals surface area contributed by atoms with Gasteiger partial charge in [-0.2, -0.15) is 0 Å². The monoisotopic (exact) mass is 350 g/mol. The molecule has 0 aromatic heterocycles. The van der Waals surface area contributed by atoms with Gasteiger partial charge in [-0.05, 0) is 18.2 Å². The number of nitro benzene ring substituents is 2. The average molecular weight is 351 g/mol. The first-order chi connectivity index (χ1) is 11.3. The molecule has 0 saturated carbocycles. The predicted molar refractivity (Wildman–Crippen MR) is 80.9 cm³/mol. The van der Waals surface area contributed by atoms with E-state index in [1.54, 1.807) is 0 Å². The Kier molecular flexibility index (Phi) is 4.85. The van der Waals surface area contributed by atoms with Gasteiger partial charge in [0.25, 0.3) is 5.69 Å². The molecule has 0 aliphatic carbocycles. The summed E-state index contributed by atoms with van der Waals surface area (Å²) in [5.41, 5.74) is -1.82. The Morgan fingerprint density at radius 1 is 0.958 bits per heavy atom. The molecule has 0 N–H and O–H groups in total. The van der Waals surface area contributed by atoms with E-state index in [0.717, 1.165) is 18.2 Å². The fourth-order valence-electron chi connectivity index (χ4n) is 1.81. The van der Waals surface area contributed by atoms with Gasteiger partial charge in [-0.3, -0.25) is 20.2 Å². The number of carbonyl (C=O) groups excluding carboxylic acids is 2. The number of carbonyl (C=O) groups is 2. The standard InChI is InChI=1S/C14H7ClN2O7/c15-11-6-2-5-10(12(11)17(22)23)14(19)24-13(18)8-3-1-4-9(7-8)16(20)21/h1-7H. The summed E-state index contributed by atoms with van der Waals surface area (Å²) < 4.78 is 4.54. The third-order valence-electron chi connectivity index (χ3n) is 2.87. The highest BCUT2D eigenvalue weighted by Gasteiger charge is 2.27. The molecule has 9 nitrogen and oxygen atoms in total. The minimum Gasteiger partial charge on any atom is -0.386 e. The topological polar surface area (TPSA) is 130 Å². The molecule has 0 amide bonds. The fraction of sp³-hybridized carbons (Fsp3) is 0. The van der Waals surface area contributed by atoms with Crippen LogP contribution in [0.5, 0.6) is 0 Å². The number of hydrogen-bond acceptors (Lipinski definition) is 7. The molecular formula is C14H7ClN2O7. The second-order valence-corrected chi connectivity index (χ2v) is 4.78. The first kappa shape index (κ1) is 17.0. The molecule has 122 valence electrons. The van der Waals surface area contributed by atoms with E-state index < -0.39 is 33.0 Å². The molecule has 0 radical (unpaired) electrons. The number of halogens is 1. The molecule has 24 heavy (non-hydrogen) atoms. The highest BCUT2D eigenvalue weighted by Crippen LogP contribution is 2.29. The van der Waals surface area contributed by atoms with E-state index >= 15 is 0 Å². The van der Waals surface area contributed by atoms with Gasteiger partial charge in [0.05, 0.1) is 15.4 Å². The quantitative estimate of drug-likeness (QED) is 0.358. The van der Waals surface area contributed by atoms with Crippen LogP contribution in [0.4, 0.5) is 11.4 Å². The third kappa shape index (κ3) is 3.52. The summed E-state index contributed by atoms with van der Waals surface area (Å²) in [5.74, 6) is -2.47. The van der Waals surface area contributed by atoms with Gasteiger partial charge < -0.3 is 4.74 Å². The number of rotatable bonds is 4. The minimum absolute atomic E-state index is 0.248. The Hall–Kier alpha value is -3.33. The number of nitrogens with zero attached hydrogens (tertiary/aromatic N) is 2. The van der Waals surface area contributed by atoms with Gasteiger partial charge in [-0.15, -0.1) is 0 Å². The first-order valence-corrected chi connectivity index (χ1v) is 6.63. The van der Waals surface area contributed by atoms with E-state index in [9.17, 15) is 29.8 Å². The summed E-state index contributed by atoms with van der Waals surface area (Å²) in [7, 11) is 0. The number of para-hydroxylation sites is 1. The molecule has 0 spiro atoms. The molecule has 0 aliphatic heterocycles. The van der Waals surface area contributed by atoms with E-state index in [1.807, 2.05) is 0 Å². The third-order valence-corrected chi connectivity index (χ3v) is 3.17. The van der Waals surface area contributed by atoms with Gasteiger partial charge >= 0.3 is 17.6 Å². The molecule has 10 heteroatoms. The molecule has 2 aromatic rings. The van der Waals surface area contributed by atoms with Crippen molar-refractivity contribution in [2.45, 2.75) is 0 Å². The molecule has 0 aliphatic rings. The molecule has 0 fully saturated rings. The number of benzene rings is 2. The maximum Gasteiger partial charge on any atom is 0.353 e. The first-order valence-electron chi connectivity index (χ1n) is 6.25. The van der Waals surface area contributed by atoms with Gasteiger partial charge in [0.1, 0.15) is 10.6 Å². The molecule has 0 heterocycles. The van der Waals surface area contributed by atoms with Crippen LogP contribution in [0.25, 0.3) is 0 Å². The molecule has 2 rings (SSSR count). The van der Waals surface area contributed by atoms with E-state index in [-0.39, 0.29) is 16.3 Å². The van der Waals surface area contributed by atoms with Crippen LogP contribution in [-0.4, -0.2) is 21.8 Å². The second kappa shape index (κ2) is 6.84. The number of nitro groups is 2. The lowest BCUT2D eigenvalue weighted by molar-refractivity contribution is -0.385. The van der Waals surface area contributed by atoms with Gasteiger partial charge in [-0.1, -0.05) is 23.7 Å². The predicted octanol–water partition coefficient (Wildman–Crippen LogP) is 3.15. The van der Waals surface area contributed by atoms with E-state index in [1.165, 1.54) is 24.3 Å². The largest absolute Gasteiger partial charge is 0.386 e. The van der Waals surface area contributed by atoms with Gasteiger partial charge in [0.15, 0.2) is 0 Å². The van der Waals surface area contributed by atoms with Crippen molar-refractivity contribution >= 4 is 34.9 Å². The highest BCUT2D eigenvalue weighted by molar-refractivity contribution is 6.33. The molecule has 0 bridgehead atoms. The summed E-state index contributed by atoms with van der Waals surface area (Å²) in [5, 5.41) is 21.4. The zero-order chi connectivity index (χ0) is 17.9. The summed E-state index contributed by atoms with van der Waals surface area (Å²) in [6, 6.07) is 8.08. The Labute approximate surface area is 138 Å². The van der Waals surface area contributed by atoms with Crippen molar-refractivity contribution in [2.24, 2.45) is 0 Å².